The van der Waals surface area contributed by atoms with Crippen LogP contribution in [-0.2, 0) is 5.41 Å². The highest BCUT2D eigenvalue weighted by Crippen LogP contribution is 2.50. The van der Waals surface area contributed by atoms with Gasteiger partial charge in [-0.15, -0.1) is 0 Å². The fourth-order valence-electron chi connectivity index (χ4n) is 10.0. The lowest BCUT2D eigenvalue weighted by molar-refractivity contribution is 0.660. The molecule has 258 valence electrons. The first-order valence-electron chi connectivity index (χ1n) is 19.0. The Morgan fingerprint density at radius 2 is 0.927 bits per heavy atom. The van der Waals surface area contributed by atoms with Gasteiger partial charge in [0.1, 0.15) is 22.3 Å². The van der Waals surface area contributed by atoms with E-state index in [1.165, 1.54) is 38.5 Å². The molecule has 12 aromatic rings. The van der Waals surface area contributed by atoms with Gasteiger partial charge in [-0.05, 0) is 95.1 Å². The predicted molar refractivity (Wildman–Crippen MR) is 227 cm³/mol. The summed E-state index contributed by atoms with van der Waals surface area (Å²) in [7, 11) is 0. The summed E-state index contributed by atoms with van der Waals surface area (Å²) in [6.45, 7) is 4.70. The van der Waals surface area contributed by atoms with Gasteiger partial charge in [-0.3, -0.25) is 0 Å². The van der Waals surface area contributed by atoms with E-state index in [9.17, 15) is 0 Å². The zero-order valence-electron chi connectivity index (χ0n) is 30.2. The van der Waals surface area contributed by atoms with Crippen LogP contribution in [0.4, 0.5) is 0 Å². The first-order valence-corrected chi connectivity index (χ1v) is 19.0. The summed E-state index contributed by atoms with van der Waals surface area (Å²) < 4.78 is 18.2. The lowest BCUT2D eigenvalue weighted by Gasteiger charge is -2.22. The summed E-state index contributed by atoms with van der Waals surface area (Å²) >= 11 is 0. The fraction of sp³-hybridized carbons (Fsp3) is 0.0588. The van der Waals surface area contributed by atoms with Crippen molar-refractivity contribution in [2.24, 2.45) is 0 Å². The minimum Gasteiger partial charge on any atom is -0.456 e. The summed E-state index contributed by atoms with van der Waals surface area (Å²) in [6, 6.07) is 57.1. The van der Waals surface area contributed by atoms with Crippen LogP contribution in [0.3, 0.4) is 0 Å². The van der Waals surface area contributed by atoms with Crippen LogP contribution in [0, 0.1) is 0 Å². The van der Waals surface area contributed by atoms with Crippen molar-refractivity contribution in [2.45, 2.75) is 19.3 Å². The molecule has 0 aliphatic heterocycles. The number of aromatic nitrogens is 2. The van der Waals surface area contributed by atoms with Crippen LogP contribution in [0.1, 0.15) is 25.0 Å². The molecule has 0 N–H and O–H groups in total. The van der Waals surface area contributed by atoms with Crippen molar-refractivity contribution in [1.82, 2.24) is 9.13 Å². The highest BCUT2D eigenvalue weighted by atomic mass is 16.3. The lowest BCUT2D eigenvalue weighted by atomic mass is 9.82. The van der Waals surface area contributed by atoms with Gasteiger partial charge in [-0.25, -0.2) is 0 Å². The molecule has 0 fully saturated rings. The largest absolute Gasteiger partial charge is 0.456 e. The number of para-hydroxylation sites is 3. The molecule has 1 aliphatic rings. The molecule has 13 rings (SSSR count). The molecule has 8 aromatic carbocycles. The van der Waals surface area contributed by atoms with Crippen LogP contribution in [0.5, 0.6) is 0 Å². The maximum Gasteiger partial charge on any atom is 0.145 e. The Kier molecular flexibility index (Phi) is 5.42. The van der Waals surface area contributed by atoms with Crippen LogP contribution < -0.4 is 0 Å². The molecule has 0 spiro atoms. The molecule has 4 aromatic heterocycles. The predicted octanol–water partition coefficient (Wildman–Crippen LogP) is 14.0. The van der Waals surface area contributed by atoms with Gasteiger partial charge in [-0.2, -0.15) is 0 Å². The topological polar surface area (TPSA) is 36.1 Å². The van der Waals surface area contributed by atoms with Crippen molar-refractivity contribution < 1.29 is 8.83 Å². The number of hydrogen-bond acceptors (Lipinski definition) is 2. The summed E-state index contributed by atoms with van der Waals surface area (Å²) in [5.41, 5.74) is 15.8. The highest BCUT2D eigenvalue weighted by Gasteiger charge is 2.35. The Labute approximate surface area is 315 Å². The van der Waals surface area contributed by atoms with Crippen molar-refractivity contribution >= 4 is 87.5 Å². The van der Waals surface area contributed by atoms with E-state index in [0.29, 0.717) is 0 Å². The van der Waals surface area contributed by atoms with Gasteiger partial charge in [0.05, 0.1) is 32.8 Å². The standard InChI is InChI=1S/C51H32N2O2/c1-51(2)39-15-7-3-11-31(39)32-21-19-30(28-40(32)51)53-42-17-9-5-14-37(42)48-44(53)25-23-35-34-22-24-43-47(49(34)55-50(35)48)36-13-4-8-16-41(36)52(43)29-20-26-46-38(27-29)33-12-6-10-18-45(33)54-46/h3-28H,1-2H3. The maximum atomic E-state index is 7.22. The number of rotatable bonds is 2. The van der Waals surface area contributed by atoms with Gasteiger partial charge in [0.25, 0.3) is 0 Å². The average molecular weight is 705 g/mol. The summed E-state index contributed by atoms with van der Waals surface area (Å²) in [6.07, 6.45) is 0. The highest BCUT2D eigenvalue weighted by molar-refractivity contribution is 6.29. The number of nitrogens with zero attached hydrogens (tertiary/aromatic N) is 2. The average Bonchev–Trinajstić information content (AvgIpc) is 4.01. The molecule has 0 saturated carbocycles. The van der Waals surface area contributed by atoms with E-state index in [4.69, 9.17) is 8.83 Å². The van der Waals surface area contributed by atoms with E-state index in [1.807, 2.05) is 12.1 Å². The summed E-state index contributed by atoms with van der Waals surface area (Å²) in [5.74, 6) is 0. The van der Waals surface area contributed by atoms with Crippen LogP contribution in [0.15, 0.2) is 167 Å². The Morgan fingerprint density at radius 1 is 0.382 bits per heavy atom. The quantitative estimate of drug-likeness (QED) is 0.180. The van der Waals surface area contributed by atoms with Gasteiger partial charge >= 0.3 is 0 Å². The molecule has 55 heavy (non-hydrogen) atoms. The van der Waals surface area contributed by atoms with Crippen molar-refractivity contribution in [2.75, 3.05) is 0 Å². The van der Waals surface area contributed by atoms with Gasteiger partial charge in [0, 0.05) is 49.1 Å². The molecule has 0 amide bonds. The van der Waals surface area contributed by atoms with Gasteiger partial charge in [0.2, 0.25) is 0 Å². The molecule has 0 saturated heterocycles. The third-order valence-corrected chi connectivity index (χ3v) is 12.5. The Morgan fingerprint density at radius 3 is 1.64 bits per heavy atom. The first-order chi connectivity index (χ1) is 27.0. The fourth-order valence-corrected chi connectivity index (χ4v) is 10.0. The number of furan rings is 2. The zero-order chi connectivity index (χ0) is 36.2. The number of benzene rings is 8. The maximum absolute atomic E-state index is 7.22. The molecule has 0 radical (unpaired) electrons. The van der Waals surface area contributed by atoms with Crippen molar-refractivity contribution in [1.29, 1.82) is 0 Å². The third kappa shape index (κ3) is 3.66. The van der Waals surface area contributed by atoms with E-state index in [1.54, 1.807) is 0 Å². The van der Waals surface area contributed by atoms with E-state index >= 15 is 0 Å². The minimum absolute atomic E-state index is 0.0880. The summed E-state index contributed by atoms with van der Waals surface area (Å²) in [5, 5.41) is 9.10. The first kappa shape index (κ1) is 29.4. The van der Waals surface area contributed by atoms with Crippen LogP contribution in [0.25, 0.3) is 110 Å². The van der Waals surface area contributed by atoms with E-state index in [-0.39, 0.29) is 5.41 Å². The molecule has 0 atom stereocenters. The monoisotopic (exact) mass is 704 g/mol. The summed E-state index contributed by atoms with van der Waals surface area (Å²) in [4.78, 5) is 0. The van der Waals surface area contributed by atoms with Crippen molar-refractivity contribution in [3.8, 4) is 22.5 Å². The Bertz CT molecular complexity index is 3640. The zero-order valence-corrected chi connectivity index (χ0v) is 30.2. The second-order valence-corrected chi connectivity index (χ2v) is 15.7. The van der Waals surface area contributed by atoms with Gasteiger partial charge in [0.15, 0.2) is 0 Å². The second-order valence-electron chi connectivity index (χ2n) is 15.7. The Balaban J connectivity index is 1.08. The van der Waals surface area contributed by atoms with E-state index in [2.05, 4.69) is 169 Å². The molecule has 4 heteroatoms. The smallest absolute Gasteiger partial charge is 0.145 e. The normalized spacial score (nSPS) is 13.8. The van der Waals surface area contributed by atoms with Crippen molar-refractivity contribution in [3.05, 3.63) is 169 Å². The van der Waals surface area contributed by atoms with Gasteiger partial charge < -0.3 is 18.0 Å². The third-order valence-electron chi connectivity index (χ3n) is 12.5. The van der Waals surface area contributed by atoms with Crippen LogP contribution in [-0.4, -0.2) is 9.13 Å². The molecular formula is C51H32N2O2. The Hall–Kier alpha value is -7.04. The second kappa shape index (κ2) is 10.1. The molecule has 0 bridgehead atoms. The van der Waals surface area contributed by atoms with E-state index in [0.717, 1.165) is 82.6 Å². The SMILES string of the molecule is CC1(C)c2ccccc2-c2ccc(-n3c4ccccc4c4c5oc6c(ccc7c6c6ccccc6n7-c6ccc7oc8ccccc8c7c6)c5ccc43)cc21. The molecule has 4 nitrogen and oxygen atoms in total. The van der Waals surface area contributed by atoms with Gasteiger partial charge in [-0.1, -0.05) is 98.8 Å². The molecular weight excluding hydrogens is 673 g/mol. The van der Waals surface area contributed by atoms with Crippen LogP contribution in [0.2, 0.25) is 0 Å². The molecule has 1 aliphatic carbocycles. The molecule has 0 unspecified atom stereocenters. The lowest BCUT2D eigenvalue weighted by Crippen LogP contribution is -2.15. The molecule has 4 heterocycles. The van der Waals surface area contributed by atoms with Crippen LogP contribution >= 0.6 is 0 Å². The number of hydrogen-bond donors (Lipinski definition) is 0. The number of fused-ring (bicyclic) bond motifs is 17. The minimum atomic E-state index is -0.0880. The van der Waals surface area contributed by atoms with E-state index < -0.39 is 0 Å². The van der Waals surface area contributed by atoms with Crippen molar-refractivity contribution in [3.63, 3.8) is 0 Å².